The minimum Gasteiger partial charge on any atom is -0.495 e. The van der Waals surface area contributed by atoms with Crippen LogP contribution in [0.4, 0.5) is 5.69 Å². The minimum absolute atomic E-state index is 0.202. The van der Waals surface area contributed by atoms with Crippen LogP contribution in [0.2, 0.25) is 5.02 Å². The van der Waals surface area contributed by atoms with Crippen molar-refractivity contribution < 1.29 is 13.9 Å². The maximum Gasteiger partial charge on any atom is 0.242 e. The first kappa shape index (κ1) is 22.0. The Morgan fingerprint density at radius 2 is 1.97 bits per heavy atom. The fourth-order valence-corrected chi connectivity index (χ4v) is 4.49. The first-order chi connectivity index (χ1) is 15.5. The van der Waals surface area contributed by atoms with Gasteiger partial charge in [0, 0.05) is 12.7 Å². The average molecular weight is 469 g/mol. The quantitative estimate of drug-likeness (QED) is 0.360. The zero-order valence-corrected chi connectivity index (χ0v) is 19.3. The van der Waals surface area contributed by atoms with Crippen LogP contribution in [0.1, 0.15) is 16.6 Å². The highest BCUT2D eigenvalue weighted by Crippen LogP contribution is 2.37. The summed E-state index contributed by atoms with van der Waals surface area (Å²) >= 11 is 7.53. The molecule has 0 aliphatic rings. The zero-order chi connectivity index (χ0) is 22.7. The molecule has 0 aliphatic heterocycles. The summed E-state index contributed by atoms with van der Waals surface area (Å²) < 4.78 is 12.4. The number of amides is 1. The lowest BCUT2D eigenvalue weighted by Crippen LogP contribution is -2.19. The topological polar surface area (TPSA) is 82.2 Å². The van der Waals surface area contributed by atoms with Gasteiger partial charge in [-0.3, -0.25) is 4.79 Å². The van der Waals surface area contributed by atoms with Gasteiger partial charge >= 0.3 is 0 Å². The molecule has 7 nitrogen and oxygen atoms in total. The van der Waals surface area contributed by atoms with Gasteiger partial charge < -0.3 is 19.0 Å². The van der Waals surface area contributed by atoms with Crippen molar-refractivity contribution in [2.75, 3.05) is 12.4 Å². The molecule has 1 N–H and O–H groups in total. The lowest BCUT2D eigenvalue weighted by Gasteiger charge is -2.17. The van der Waals surface area contributed by atoms with E-state index in [1.807, 2.05) is 54.9 Å². The van der Waals surface area contributed by atoms with E-state index in [4.69, 9.17) is 20.8 Å². The van der Waals surface area contributed by atoms with Gasteiger partial charge in [0.2, 0.25) is 5.91 Å². The highest BCUT2D eigenvalue weighted by molar-refractivity contribution is 8.00. The highest BCUT2D eigenvalue weighted by Gasteiger charge is 2.26. The van der Waals surface area contributed by atoms with E-state index in [1.54, 1.807) is 31.6 Å². The Labute approximate surface area is 194 Å². The second-order valence-electron chi connectivity index (χ2n) is 7.00. The van der Waals surface area contributed by atoms with E-state index in [0.29, 0.717) is 27.4 Å². The maximum absolute atomic E-state index is 13.3. The predicted octanol–water partition coefficient (Wildman–Crippen LogP) is 5.52. The number of furan rings is 1. The van der Waals surface area contributed by atoms with Crippen LogP contribution < -0.4 is 10.1 Å². The molecule has 1 unspecified atom stereocenters. The van der Waals surface area contributed by atoms with E-state index < -0.39 is 5.25 Å². The van der Waals surface area contributed by atoms with Crippen LogP contribution in [-0.4, -0.2) is 27.8 Å². The third-order valence-electron chi connectivity index (χ3n) is 4.92. The Balaban J connectivity index is 1.62. The van der Waals surface area contributed by atoms with Crippen molar-refractivity contribution in [1.29, 1.82) is 0 Å². The number of hydrogen-bond acceptors (Lipinski definition) is 6. The SMILES string of the molecule is COc1ccc(NC(=O)C(Sc2nnc(-c3ccoc3C)n2C)c2ccccc2)cc1Cl. The normalized spacial score (nSPS) is 11.9. The molecule has 9 heteroatoms. The number of anilines is 1. The molecule has 1 amide bonds. The summed E-state index contributed by atoms with van der Waals surface area (Å²) in [5.74, 6) is 1.77. The zero-order valence-electron chi connectivity index (χ0n) is 17.7. The molecular weight excluding hydrogens is 448 g/mol. The molecule has 2 aromatic carbocycles. The van der Waals surface area contributed by atoms with Gasteiger partial charge in [-0.25, -0.2) is 0 Å². The van der Waals surface area contributed by atoms with Gasteiger partial charge in [0.05, 0.1) is 24.0 Å². The summed E-state index contributed by atoms with van der Waals surface area (Å²) in [6.07, 6.45) is 1.62. The Kier molecular flexibility index (Phi) is 6.53. The van der Waals surface area contributed by atoms with Crippen LogP contribution in [0.15, 0.2) is 70.4 Å². The number of thioether (sulfide) groups is 1. The van der Waals surface area contributed by atoms with Crippen LogP contribution in [0, 0.1) is 6.92 Å². The van der Waals surface area contributed by atoms with E-state index >= 15 is 0 Å². The largest absolute Gasteiger partial charge is 0.495 e. The van der Waals surface area contributed by atoms with Crippen molar-refractivity contribution in [3.8, 4) is 17.1 Å². The number of benzene rings is 2. The van der Waals surface area contributed by atoms with E-state index in [1.165, 1.54) is 11.8 Å². The second kappa shape index (κ2) is 9.50. The Morgan fingerprint density at radius 3 is 2.62 bits per heavy atom. The Morgan fingerprint density at radius 1 is 1.19 bits per heavy atom. The first-order valence-electron chi connectivity index (χ1n) is 9.77. The molecule has 0 saturated heterocycles. The third kappa shape index (κ3) is 4.51. The summed E-state index contributed by atoms with van der Waals surface area (Å²) in [6.45, 7) is 1.87. The maximum atomic E-state index is 13.3. The number of nitrogens with zero attached hydrogens (tertiary/aromatic N) is 3. The molecule has 32 heavy (non-hydrogen) atoms. The average Bonchev–Trinajstić information content (AvgIpc) is 3.37. The Bertz CT molecular complexity index is 1240. The molecule has 0 fully saturated rings. The molecular formula is C23H21ClN4O3S. The van der Waals surface area contributed by atoms with Crippen molar-refractivity contribution in [3.63, 3.8) is 0 Å². The van der Waals surface area contributed by atoms with Gasteiger partial charge in [0.1, 0.15) is 16.8 Å². The van der Waals surface area contributed by atoms with E-state index in [9.17, 15) is 4.79 Å². The summed E-state index contributed by atoms with van der Waals surface area (Å²) in [4.78, 5) is 13.3. The number of rotatable bonds is 7. The van der Waals surface area contributed by atoms with Gasteiger partial charge in [0.15, 0.2) is 11.0 Å². The Hall–Kier alpha value is -3.23. The lowest BCUT2D eigenvalue weighted by atomic mass is 10.1. The van der Waals surface area contributed by atoms with Crippen molar-refractivity contribution in [2.24, 2.45) is 7.05 Å². The van der Waals surface area contributed by atoms with E-state index in [2.05, 4.69) is 15.5 Å². The van der Waals surface area contributed by atoms with Crippen molar-refractivity contribution >= 4 is 35.0 Å². The van der Waals surface area contributed by atoms with Crippen LogP contribution in [-0.2, 0) is 11.8 Å². The van der Waals surface area contributed by atoms with Crippen LogP contribution in [0.3, 0.4) is 0 Å². The molecule has 2 aromatic heterocycles. The summed E-state index contributed by atoms with van der Waals surface area (Å²) in [5.41, 5.74) is 2.29. The second-order valence-corrected chi connectivity index (χ2v) is 8.48. The number of hydrogen-bond donors (Lipinski definition) is 1. The molecule has 164 valence electrons. The first-order valence-corrected chi connectivity index (χ1v) is 11.0. The van der Waals surface area contributed by atoms with Gasteiger partial charge in [-0.05, 0) is 36.8 Å². The van der Waals surface area contributed by atoms with E-state index in [0.717, 1.165) is 16.9 Å². The van der Waals surface area contributed by atoms with Gasteiger partial charge in [-0.15, -0.1) is 10.2 Å². The number of carbonyl (C=O) groups is 1. The molecule has 4 rings (SSSR count). The van der Waals surface area contributed by atoms with Crippen molar-refractivity contribution in [1.82, 2.24) is 14.8 Å². The number of aryl methyl sites for hydroxylation is 1. The van der Waals surface area contributed by atoms with Gasteiger partial charge in [-0.1, -0.05) is 53.7 Å². The van der Waals surface area contributed by atoms with Crippen LogP contribution >= 0.6 is 23.4 Å². The molecule has 0 spiro atoms. The fraction of sp³-hybridized carbons (Fsp3) is 0.174. The summed E-state index contributed by atoms with van der Waals surface area (Å²) in [6, 6.07) is 16.5. The van der Waals surface area contributed by atoms with Crippen molar-refractivity contribution in [2.45, 2.75) is 17.3 Å². The van der Waals surface area contributed by atoms with Gasteiger partial charge in [0.25, 0.3) is 0 Å². The molecule has 4 aromatic rings. The third-order valence-corrected chi connectivity index (χ3v) is 6.50. The molecule has 0 saturated carbocycles. The monoisotopic (exact) mass is 468 g/mol. The number of halogens is 1. The number of ether oxygens (including phenoxy) is 1. The molecule has 2 heterocycles. The molecule has 0 radical (unpaired) electrons. The highest BCUT2D eigenvalue weighted by atomic mass is 35.5. The fourth-order valence-electron chi connectivity index (χ4n) is 3.23. The molecule has 0 bridgehead atoms. The number of aromatic nitrogens is 3. The lowest BCUT2D eigenvalue weighted by molar-refractivity contribution is -0.115. The standard InChI is InChI=1S/C23H21ClN4O3S/c1-14-17(11-12-31-14)21-26-27-23(28(21)2)32-20(15-7-5-4-6-8-15)22(29)25-16-9-10-19(30-3)18(24)13-16/h4-13,20H,1-3H3,(H,25,29). The van der Waals surface area contributed by atoms with Gasteiger partial charge in [-0.2, -0.15) is 0 Å². The number of methoxy groups -OCH3 is 1. The summed E-state index contributed by atoms with van der Waals surface area (Å²) in [7, 11) is 3.41. The number of carbonyl (C=O) groups excluding carboxylic acids is 1. The molecule has 0 aliphatic carbocycles. The minimum atomic E-state index is -0.557. The van der Waals surface area contributed by atoms with Crippen LogP contribution in [0.5, 0.6) is 5.75 Å². The van der Waals surface area contributed by atoms with E-state index in [-0.39, 0.29) is 5.91 Å². The number of nitrogens with one attached hydrogen (secondary N) is 1. The summed E-state index contributed by atoms with van der Waals surface area (Å²) in [5, 5.41) is 12.0. The van der Waals surface area contributed by atoms with Crippen LogP contribution in [0.25, 0.3) is 11.4 Å². The molecule has 1 atom stereocenters. The van der Waals surface area contributed by atoms with Crippen molar-refractivity contribution in [3.05, 3.63) is 77.2 Å². The smallest absolute Gasteiger partial charge is 0.242 e. The predicted molar refractivity (Wildman–Crippen MR) is 125 cm³/mol.